The van der Waals surface area contributed by atoms with Crippen LogP contribution >= 0.6 is 0 Å². The molecular weight excluding hydrogens is 312 g/mol. The van der Waals surface area contributed by atoms with Gasteiger partial charge in [0.1, 0.15) is 4.90 Å². The van der Waals surface area contributed by atoms with Gasteiger partial charge in [-0.3, -0.25) is 9.11 Å². The highest BCUT2D eigenvalue weighted by molar-refractivity contribution is 7.89. The average molecular weight is 320 g/mol. The third-order valence-electron chi connectivity index (χ3n) is 2.59. The van der Waals surface area contributed by atoms with Gasteiger partial charge < -0.3 is 10.2 Å². The largest absolute Gasteiger partial charge is 0.504 e. The van der Waals surface area contributed by atoms with Gasteiger partial charge in [0.25, 0.3) is 20.2 Å². The quantitative estimate of drug-likeness (QED) is 0.467. The van der Waals surface area contributed by atoms with Crippen molar-refractivity contribution in [1.29, 1.82) is 0 Å². The molecule has 0 aliphatic rings. The summed E-state index contributed by atoms with van der Waals surface area (Å²) in [5.41, 5.74) is 0. The van der Waals surface area contributed by atoms with Crippen LogP contribution in [0.1, 0.15) is 0 Å². The highest BCUT2D eigenvalue weighted by Gasteiger charge is 2.33. The molecule has 8 nitrogen and oxygen atoms in total. The lowest BCUT2D eigenvalue weighted by molar-refractivity contribution is 0.388. The highest BCUT2D eigenvalue weighted by atomic mass is 32.2. The Kier molecular flexibility index (Phi) is 3.13. The Balaban J connectivity index is 3.27. The summed E-state index contributed by atoms with van der Waals surface area (Å²) in [4.78, 5) is -2.68. The molecular formula is C10H8O8S2. The van der Waals surface area contributed by atoms with Gasteiger partial charge in [-0.1, -0.05) is 24.3 Å². The summed E-state index contributed by atoms with van der Waals surface area (Å²) in [6.07, 6.45) is 0. The monoisotopic (exact) mass is 320 g/mol. The van der Waals surface area contributed by atoms with Gasteiger partial charge >= 0.3 is 0 Å². The molecule has 4 N–H and O–H groups in total. The van der Waals surface area contributed by atoms with Crippen LogP contribution in [0.25, 0.3) is 10.8 Å². The normalized spacial score (nSPS) is 12.7. The van der Waals surface area contributed by atoms with Gasteiger partial charge in [-0.15, -0.1) is 0 Å². The van der Waals surface area contributed by atoms with Crippen LogP contribution in [-0.2, 0) is 20.2 Å². The molecule has 0 heterocycles. The van der Waals surface area contributed by atoms with Gasteiger partial charge in [0.15, 0.2) is 16.4 Å². The zero-order chi connectivity index (χ0) is 15.3. The lowest BCUT2D eigenvalue weighted by Crippen LogP contribution is -2.09. The third kappa shape index (κ3) is 2.18. The van der Waals surface area contributed by atoms with Crippen LogP contribution in [0.15, 0.2) is 34.1 Å². The molecule has 10 heteroatoms. The SMILES string of the molecule is O=S(=O)(O)c1c(O)c(O)c2ccccc2c1S(=O)(=O)O. The van der Waals surface area contributed by atoms with E-state index in [-0.39, 0.29) is 10.8 Å². The van der Waals surface area contributed by atoms with Crippen LogP contribution in [-0.4, -0.2) is 36.2 Å². The van der Waals surface area contributed by atoms with Crippen LogP contribution in [0.3, 0.4) is 0 Å². The van der Waals surface area contributed by atoms with Gasteiger partial charge in [0, 0.05) is 10.8 Å². The average Bonchev–Trinajstić information content (AvgIpc) is 2.30. The molecule has 2 aromatic carbocycles. The smallest absolute Gasteiger partial charge is 0.299 e. The predicted octanol–water partition coefficient (Wildman–Crippen LogP) is 0.744. The Bertz CT molecular complexity index is 912. The van der Waals surface area contributed by atoms with Gasteiger partial charge in [-0.2, -0.15) is 16.8 Å². The Morgan fingerprint density at radius 2 is 1.15 bits per heavy atom. The first kappa shape index (κ1) is 14.5. The van der Waals surface area contributed by atoms with E-state index in [1.807, 2.05) is 0 Å². The molecule has 0 aromatic heterocycles. The number of hydrogen-bond acceptors (Lipinski definition) is 6. The molecule has 0 aliphatic heterocycles. The van der Waals surface area contributed by atoms with E-state index in [4.69, 9.17) is 9.11 Å². The Labute approximate surface area is 113 Å². The Morgan fingerprint density at radius 3 is 1.60 bits per heavy atom. The standard InChI is InChI=1S/C10H8O8S2/c11-7-5-3-1-2-4-6(5)9(19(13,14)15)10(8(7)12)20(16,17)18/h1-4,11-12H,(H,13,14,15)(H,16,17,18). The lowest BCUT2D eigenvalue weighted by Gasteiger charge is -2.12. The number of phenolic OH excluding ortho intramolecular Hbond substituents is 2. The second kappa shape index (κ2) is 4.31. The van der Waals surface area contributed by atoms with Gasteiger partial charge in [-0.05, 0) is 0 Å². The topological polar surface area (TPSA) is 149 Å². The van der Waals surface area contributed by atoms with Crippen LogP contribution < -0.4 is 0 Å². The van der Waals surface area contributed by atoms with Crippen molar-refractivity contribution >= 4 is 31.0 Å². The van der Waals surface area contributed by atoms with Crippen molar-refractivity contribution in [3.8, 4) is 11.5 Å². The van der Waals surface area contributed by atoms with E-state index in [0.29, 0.717) is 0 Å². The summed E-state index contributed by atoms with van der Waals surface area (Å²) in [6, 6.07) is 5.02. The summed E-state index contributed by atoms with van der Waals surface area (Å²) in [5.74, 6) is -2.29. The zero-order valence-electron chi connectivity index (χ0n) is 9.55. The lowest BCUT2D eigenvalue weighted by atomic mass is 10.1. The second-order valence-corrected chi connectivity index (χ2v) is 6.57. The van der Waals surface area contributed by atoms with E-state index in [9.17, 15) is 27.0 Å². The molecule has 0 unspecified atom stereocenters. The molecule has 20 heavy (non-hydrogen) atoms. The minimum absolute atomic E-state index is 0.204. The van der Waals surface area contributed by atoms with Crippen molar-refractivity contribution in [3.63, 3.8) is 0 Å². The van der Waals surface area contributed by atoms with Crippen LogP contribution in [0.4, 0.5) is 0 Å². The second-order valence-electron chi connectivity index (χ2n) is 3.85. The van der Waals surface area contributed by atoms with E-state index in [1.54, 1.807) is 0 Å². The minimum Gasteiger partial charge on any atom is -0.504 e. The fourth-order valence-corrected chi connectivity index (χ4v) is 3.95. The summed E-state index contributed by atoms with van der Waals surface area (Å²) in [7, 11) is -10.3. The number of rotatable bonds is 2. The molecule has 0 saturated heterocycles. The molecule has 2 rings (SSSR count). The first-order valence-corrected chi connectivity index (χ1v) is 7.84. The zero-order valence-corrected chi connectivity index (χ0v) is 11.2. The molecule has 108 valence electrons. The van der Waals surface area contributed by atoms with E-state index >= 15 is 0 Å². The molecule has 0 fully saturated rings. The van der Waals surface area contributed by atoms with Crippen LogP contribution in [0, 0.1) is 0 Å². The molecule has 0 aliphatic carbocycles. The van der Waals surface area contributed by atoms with Crippen molar-refractivity contribution in [2.45, 2.75) is 9.79 Å². The molecule has 0 saturated carbocycles. The van der Waals surface area contributed by atoms with Crippen molar-refractivity contribution in [2.75, 3.05) is 0 Å². The fourth-order valence-electron chi connectivity index (χ4n) is 1.85. The molecule has 0 atom stereocenters. The molecule has 0 radical (unpaired) electrons. The van der Waals surface area contributed by atoms with Crippen LogP contribution in [0.2, 0.25) is 0 Å². The highest BCUT2D eigenvalue weighted by Crippen LogP contribution is 2.44. The molecule has 0 spiro atoms. The summed E-state index contributed by atoms with van der Waals surface area (Å²) < 4.78 is 63.4. The summed E-state index contributed by atoms with van der Waals surface area (Å²) >= 11 is 0. The maximum atomic E-state index is 11.4. The van der Waals surface area contributed by atoms with E-state index < -0.39 is 41.5 Å². The van der Waals surface area contributed by atoms with Gasteiger partial charge in [0.05, 0.1) is 0 Å². The number of fused-ring (bicyclic) bond motifs is 1. The number of aromatic hydroxyl groups is 2. The predicted molar refractivity (Wildman–Crippen MR) is 66.9 cm³/mol. The molecule has 0 bridgehead atoms. The Morgan fingerprint density at radius 1 is 0.700 bits per heavy atom. The summed E-state index contributed by atoms with van der Waals surface area (Å²) in [6.45, 7) is 0. The van der Waals surface area contributed by atoms with Crippen LogP contribution in [0.5, 0.6) is 11.5 Å². The van der Waals surface area contributed by atoms with Crippen molar-refractivity contribution in [1.82, 2.24) is 0 Å². The summed E-state index contributed by atoms with van der Waals surface area (Å²) in [5, 5.41) is 18.7. The van der Waals surface area contributed by atoms with Gasteiger partial charge in [-0.25, -0.2) is 0 Å². The molecule has 2 aromatic rings. The maximum absolute atomic E-state index is 11.4. The first-order valence-electron chi connectivity index (χ1n) is 4.96. The van der Waals surface area contributed by atoms with Crippen molar-refractivity contribution in [2.24, 2.45) is 0 Å². The fraction of sp³-hybridized carbons (Fsp3) is 0. The third-order valence-corrected chi connectivity index (χ3v) is 4.57. The van der Waals surface area contributed by atoms with E-state index in [0.717, 1.165) is 6.07 Å². The number of hydrogen-bond donors (Lipinski definition) is 4. The minimum atomic E-state index is -5.21. The van der Waals surface area contributed by atoms with E-state index in [2.05, 4.69) is 0 Å². The molecule has 0 amide bonds. The number of phenols is 2. The van der Waals surface area contributed by atoms with E-state index in [1.165, 1.54) is 18.2 Å². The van der Waals surface area contributed by atoms with Gasteiger partial charge in [0.2, 0.25) is 0 Å². The van der Waals surface area contributed by atoms with Crippen molar-refractivity contribution < 1.29 is 36.2 Å². The maximum Gasteiger partial charge on any atom is 0.299 e. The Hall–Kier alpha value is -1.88. The first-order chi connectivity index (χ1) is 9.05. The number of benzene rings is 2. The van der Waals surface area contributed by atoms with Crippen molar-refractivity contribution in [3.05, 3.63) is 24.3 Å².